The maximum atomic E-state index is 11.5. The van der Waals surface area contributed by atoms with E-state index < -0.39 is 0 Å². The molecule has 0 saturated carbocycles. The van der Waals surface area contributed by atoms with Crippen molar-refractivity contribution in [1.82, 2.24) is 9.97 Å². The number of fused-ring (bicyclic) bond motifs is 2. The summed E-state index contributed by atoms with van der Waals surface area (Å²) in [5.74, 6) is -0.536. The number of ether oxygens (including phenoxy) is 2. The van der Waals surface area contributed by atoms with Crippen LogP contribution in [0.3, 0.4) is 0 Å². The van der Waals surface area contributed by atoms with Crippen molar-refractivity contribution in [2.75, 3.05) is 13.2 Å². The zero-order valence-corrected chi connectivity index (χ0v) is 22.6. The first-order chi connectivity index (χ1) is 16.4. The highest BCUT2D eigenvalue weighted by Gasteiger charge is 2.19. The average Bonchev–Trinajstić information content (AvgIpc) is 2.81. The van der Waals surface area contributed by atoms with Gasteiger partial charge < -0.3 is 9.47 Å². The molecule has 0 bridgehead atoms. The molecule has 8 heteroatoms. The minimum absolute atomic E-state index is 0.268. The lowest BCUT2D eigenvalue weighted by Gasteiger charge is -2.19. The zero-order chi connectivity index (χ0) is 24.5. The molecule has 0 amide bonds. The molecule has 2 aromatic rings. The molecular weight excluding hydrogens is 564 g/mol. The second-order valence-corrected chi connectivity index (χ2v) is 9.55. The van der Waals surface area contributed by atoms with Crippen molar-refractivity contribution in [1.29, 1.82) is 0 Å². The van der Waals surface area contributed by atoms with Crippen LogP contribution in [-0.2, 0) is 31.9 Å². The third kappa shape index (κ3) is 6.85. The van der Waals surface area contributed by atoms with E-state index in [0.29, 0.717) is 13.2 Å². The quantitative estimate of drug-likeness (QED) is 0.309. The third-order valence-corrected chi connectivity index (χ3v) is 6.97. The van der Waals surface area contributed by atoms with Gasteiger partial charge in [0.15, 0.2) is 0 Å². The van der Waals surface area contributed by atoms with Crippen molar-refractivity contribution >= 4 is 54.9 Å². The number of hydrogen-bond acceptors (Lipinski definition) is 6. The van der Waals surface area contributed by atoms with Crippen LogP contribution in [0, 0.1) is 0 Å². The maximum Gasteiger partial charge on any atom is 0.331 e. The number of carbonyl (C=O) groups excluding carboxylic acids is 2. The number of carbonyl (C=O) groups is 2. The molecule has 0 spiro atoms. The summed E-state index contributed by atoms with van der Waals surface area (Å²) in [6.07, 6.45) is 16.4. The van der Waals surface area contributed by atoms with Crippen LogP contribution in [0.5, 0.6) is 0 Å². The molecule has 0 unspecified atom stereocenters. The largest absolute Gasteiger partial charge is 0.463 e. The van der Waals surface area contributed by atoms with Crippen LogP contribution in [-0.4, -0.2) is 35.1 Å². The second-order valence-electron chi connectivity index (χ2n) is 7.85. The van der Waals surface area contributed by atoms with Crippen molar-refractivity contribution < 1.29 is 19.1 Å². The Balaban J connectivity index is 0.000000191. The Hall–Kier alpha value is -2.32. The monoisotopic (exact) mass is 590 g/mol. The van der Waals surface area contributed by atoms with Crippen molar-refractivity contribution in [3.8, 4) is 0 Å². The Morgan fingerprint density at radius 3 is 1.56 bits per heavy atom. The van der Waals surface area contributed by atoms with Crippen LogP contribution in [0.2, 0.25) is 0 Å². The summed E-state index contributed by atoms with van der Waals surface area (Å²) in [5.41, 5.74) is 6.66. The first-order valence-corrected chi connectivity index (χ1v) is 13.0. The predicted octanol–water partition coefficient (Wildman–Crippen LogP) is 6.25. The summed E-state index contributed by atoms with van der Waals surface area (Å²) in [4.78, 5) is 31.3. The molecule has 0 aromatic carbocycles. The van der Waals surface area contributed by atoms with Crippen molar-refractivity contribution in [3.05, 3.63) is 68.1 Å². The Kier molecular flexibility index (Phi) is 10.0. The van der Waals surface area contributed by atoms with Gasteiger partial charge in [-0.3, -0.25) is 9.97 Å². The van der Waals surface area contributed by atoms with Gasteiger partial charge in [0.2, 0.25) is 0 Å². The Labute approximate surface area is 217 Å². The van der Waals surface area contributed by atoms with Crippen LogP contribution in [0.4, 0.5) is 0 Å². The zero-order valence-electron chi connectivity index (χ0n) is 19.4. The first-order valence-electron chi connectivity index (χ1n) is 11.4. The summed E-state index contributed by atoms with van der Waals surface area (Å²) in [6.45, 7) is 4.44. The molecule has 4 rings (SSSR count). The van der Waals surface area contributed by atoms with Gasteiger partial charge in [-0.1, -0.05) is 0 Å². The van der Waals surface area contributed by atoms with E-state index in [1.165, 1.54) is 11.1 Å². The highest BCUT2D eigenvalue weighted by atomic mass is 79.9. The Bertz CT molecular complexity index is 1020. The normalized spacial score (nSPS) is 16.7. The van der Waals surface area contributed by atoms with Crippen LogP contribution in [0.15, 0.2) is 45.9 Å². The lowest BCUT2D eigenvalue weighted by atomic mass is 9.88. The van der Waals surface area contributed by atoms with E-state index in [4.69, 9.17) is 9.47 Å². The number of nitrogens with zero attached hydrogens (tertiary/aromatic N) is 2. The number of esters is 2. The number of halogens is 2. The van der Waals surface area contributed by atoms with Gasteiger partial charge >= 0.3 is 11.9 Å². The smallest absolute Gasteiger partial charge is 0.331 e. The van der Waals surface area contributed by atoms with Crippen molar-refractivity contribution in [2.45, 2.75) is 52.4 Å². The number of hydrogen-bond donors (Lipinski definition) is 0. The standard InChI is InChI=1S/2C13H14BrNO2/c2*1-2-17-13(16)6-9-4-3-5-10-11(9)7-15-8-12(10)14/h2*6-8H,2-5H2,1H3/b9-6+;9-6-. The second kappa shape index (κ2) is 13.0. The maximum absolute atomic E-state index is 11.5. The van der Waals surface area contributed by atoms with Gasteiger partial charge in [-0.25, -0.2) is 9.59 Å². The van der Waals surface area contributed by atoms with E-state index in [9.17, 15) is 9.59 Å². The fourth-order valence-electron chi connectivity index (χ4n) is 4.12. The summed E-state index contributed by atoms with van der Waals surface area (Å²) in [7, 11) is 0. The predicted molar refractivity (Wildman–Crippen MR) is 139 cm³/mol. The SMILES string of the molecule is CCOC(=O)/C=C1/CCCc2c(Br)cncc21.CCOC(=O)/C=C1\CCCc2c(Br)cncc21. The van der Waals surface area contributed by atoms with Gasteiger partial charge in [-0.05, 0) is 107 Å². The molecule has 2 heterocycles. The molecule has 0 fully saturated rings. The summed E-state index contributed by atoms with van der Waals surface area (Å²) < 4.78 is 11.9. The lowest BCUT2D eigenvalue weighted by molar-refractivity contribution is -0.138. The molecule has 0 saturated heterocycles. The minimum atomic E-state index is -0.268. The van der Waals surface area contributed by atoms with E-state index in [2.05, 4.69) is 41.8 Å². The molecule has 2 aliphatic carbocycles. The topological polar surface area (TPSA) is 78.4 Å². The number of pyridine rings is 2. The molecule has 2 aromatic heterocycles. The molecular formula is C26H28Br2N2O4. The summed E-state index contributed by atoms with van der Waals surface area (Å²) in [6, 6.07) is 0. The molecule has 2 aliphatic rings. The number of rotatable bonds is 4. The van der Waals surface area contributed by atoms with Gasteiger partial charge in [0.05, 0.1) is 13.2 Å². The lowest BCUT2D eigenvalue weighted by Crippen LogP contribution is -2.07. The van der Waals surface area contributed by atoms with Crippen molar-refractivity contribution in [2.24, 2.45) is 0 Å². The van der Waals surface area contributed by atoms with Crippen LogP contribution in [0.1, 0.15) is 61.8 Å². The van der Waals surface area contributed by atoms with Crippen LogP contribution in [0.25, 0.3) is 11.1 Å². The molecule has 6 nitrogen and oxygen atoms in total. The van der Waals surface area contributed by atoms with Crippen LogP contribution >= 0.6 is 31.9 Å². The number of aromatic nitrogens is 2. The van der Waals surface area contributed by atoms with E-state index >= 15 is 0 Å². The molecule has 0 aliphatic heterocycles. The number of allylic oxidation sites excluding steroid dienone is 2. The Morgan fingerprint density at radius 1 is 0.765 bits per heavy atom. The van der Waals surface area contributed by atoms with Gasteiger partial charge in [0.1, 0.15) is 0 Å². The van der Waals surface area contributed by atoms with Crippen molar-refractivity contribution in [3.63, 3.8) is 0 Å². The van der Waals surface area contributed by atoms with Gasteiger partial charge in [-0.15, -0.1) is 0 Å². The third-order valence-electron chi connectivity index (χ3n) is 5.60. The van der Waals surface area contributed by atoms with Gasteiger partial charge in [-0.2, -0.15) is 0 Å². The average molecular weight is 592 g/mol. The van der Waals surface area contributed by atoms with E-state index in [-0.39, 0.29) is 11.9 Å². The Morgan fingerprint density at radius 2 is 1.18 bits per heavy atom. The fourth-order valence-corrected chi connectivity index (χ4v) is 5.18. The minimum Gasteiger partial charge on any atom is -0.463 e. The van der Waals surface area contributed by atoms with Gasteiger partial charge in [0.25, 0.3) is 0 Å². The molecule has 0 atom stereocenters. The van der Waals surface area contributed by atoms with E-state index in [1.807, 2.05) is 26.2 Å². The fraction of sp³-hybridized carbons (Fsp3) is 0.385. The highest BCUT2D eigenvalue weighted by molar-refractivity contribution is 9.10. The van der Waals surface area contributed by atoms with E-state index in [0.717, 1.165) is 69.7 Å². The molecule has 34 heavy (non-hydrogen) atoms. The van der Waals surface area contributed by atoms with E-state index in [1.54, 1.807) is 24.5 Å². The van der Waals surface area contributed by atoms with Gasteiger partial charge in [0, 0.05) is 57.0 Å². The summed E-state index contributed by atoms with van der Waals surface area (Å²) >= 11 is 7.00. The molecule has 0 N–H and O–H groups in total. The first kappa shape index (κ1) is 26.3. The highest BCUT2D eigenvalue weighted by Crippen LogP contribution is 2.35. The molecule has 0 radical (unpaired) electrons. The summed E-state index contributed by atoms with van der Waals surface area (Å²) in [5, 5.41) is 0. The van der Waals surface area contributed by atoms with Crippen LogP contribution < -0.4 is 0 Å². The molecule has 180 valence electrons.